The highest BCUT2D eigenvalue weighted by molar-refractivity contribution is 7.13. The monoisotopic (exact) mass is 406 g/mol. The van der Waals surface area contributed by atoms with Crippen LogP contribution in [-0.2, 0) is 20.8 Å². The van der Waals surface area contributed by atoms with Crippen LogP contribution in [0.15, 0.2) is 0 Å². The molecule has 1 aromatic rings. The van der Waals surface area contributed by atoms with Gasteiger partial charge in [0, 0.05) is 45.4 Å². The lowest BCUT2D eigenvalue weighted by molar-refractivity contribution is -0.146. The molecule has 1 aromatic heterocycles. The van der Waals surface area contributed by atoms with E-state index in [-0.39, 0.29) is 43.0 Å². The lowest BCUT2D eigenvalue weighted by atomic mass is 10.1. The van der Waals surface area contributed by atoms with Crippen molar-refractivity contribution in [2.45, 2.75) is 40.0 Å². The molecule has 0 N–H and O–H groups in total. The fourth-order valence-corrected chi connectivity index (χ4v) is 4.67. The van der Waals surface area contributed by atoms with Crippen LogP contribution in [0.5, 0.6) is 0 Å². The normalized spacial score (nSPS) is 17.8. The minimum Gasteiger partial charge on any atom is -0.338 e. The number of aryl methyl sites for hydroxylation is 1. The number of likely N-dealkylation sites (tertiary alicyclic amines) is 1. The van der Waals surface area contributed by atoms with Crippen LogP contribution in [0.1, 0.15) is 47.1 Å². The number of carbonyl (C=O) groups excluding carboxylic acids is 4. The smallest absolute Gasteiger partial charge is 0.265 e. The van der Waals surface area contributed by atoms with Gasteiger partial charge in [-0.1, -0.05) is 13.8 Å². The van der Waals surface area contributed by atoms with Crippen molar-refractivity contribution in [3.8, 4) is 0 Å². The van der Waals surface area contributed by atoms with E-state index in [0.717, 1.165) is 22.0 Å². The van der Waals surface area contributed by atoms with Crippen LogP contribution in [0, 0.1) is 12.8 Å². The summed E-state index contributed by atoms with van der Waals surface area (Å²) in [4.78, 5) is 58.2. The van der Waals surface area contributed by atoms with Crippen molar-refractivity contribution >= 4 is 35.0 Å². The summed E-state index contributed by atoms with van der Waals surface area (Å²) in [6, 6.07) is 0. The molecule has 0 aromatic carbocycles. The number of nitrogens with zero attached hydrogens (tertiary/aromatic N) is 4. The van der Waals surface area contributed by atoms with E-state index in [1.165, 1.54) is 11.3 Å². The van der Waals surface area contributed by atoms with E-state index in [0.29, 0.717) is 37.0 Å². The van der Waals surface area contributed by atoms with Crippen LogP contribution in [0.2, 0.25) is 0 Å². The van der Waals surface area contributed by atoms with Crippen LogP contribution in [-0.4, -0.2) is 76.0 Å². The molecule has 2 aliphatic heterocycles. The number of rotatable bonds is 5. The lowest BCUT2D eigenvalue weighted by Crippen LogP contribution is -2.53. The zero-order chi connectivity index (χ0) is 20.4. The minimum atomic E-state index is -0.287. The molecule has 9 heteroatoms. The van der Waals surface area contributed by atoms with E-state index in [9.17, 15) is 19.2 Å². The molecule has 4 amide bonds. The molecule has 0 radical (unpaired) electrons. The summed E-state index contributed by atoms with van der Waals surface area (Å²) < 4.78 is 0. The number of thiazole rings is 1. The predicted molar refractivity (Wildman–Crippen MR) is 104 cm³/mol. The summed E-state index contributed by atoms with van der Waals surface area (Å²) in [5.41, 5.74) is 0.759. The highest BCUT2D eigenvalue weighted by Gasteiger charge is 2.33. The van der Waals surface area contributed by atoms with Gasteiger partial charge in [0.2, 0.25) is 17.7 Å². The maximum Gasteiger partial charge on any atom is 0.265 e. The first-order valence-corrected chi connectivity index (χ1v) is 10.4. The molecule has 0 aliphatic carbocycles. The molecule has 0 spiro atoms. The van der Waals surface area contributed by atoms with Crippen molar-refractivity contribution in [1.82, 2.24) is 19.7 Å². The third-order valence-electron chi connectivity index (χ3n) is 4.99. The van der Waals surface area contributed by atoms with Gasteiger partial charge in [-0.15, -0.1) is 11.3 Å². The molecule has 3 rings (SSSR count). The molecule has 0 unspecified atom stereocenters. The minimum absolute atomic E-state index is 0.0398. The molecule has 0 saturated carbocycles. The Hall–Kier alpha value is -2.29. The zero-order valence-electron chi connectivity index (χ0n) is 16.6. The first-order chi connectivity index (χ1) is 13.3. The van der Waals surface area contributed by atoms with Gasteiger partial charge in [-0.3, -0.25) is 24.1 Å². The van der Waals surface area contributed by atoms with Crippen LogP contribution >= 0.6 is 11.3 Å². The molecule has 2 saturated heterocycles. The van der Waals surface area contributed by atoms with Crippen LogP contribution in [0.3, 0.4) is 0 Å². The quantitative estimate of drug-likeness (QED) is 0.683. The van der Waals surface area contributed by atoms with Gasteiger partial charge in [-0.05, 0) is 12.8 Å². The molecule has 2 aliphatic rings. The Bertz CT molecular complexity index is 780. The summed E-state index contributed by atoms with van der Waals surface area (Å²) >= 11 is 1.45. The summed E-state index contributed by atoms with van der Waals surface area (Å²) in [5, 5.41) is 0.976. The van der Waals surface area contributed by atoms with E-state index in [2.05, 4.69) is 18.8 Å². The second kappa shape index (κ2) is 8.38. The van der Waals surface area contributed by atoms with E-state index in [4.69, 9.17) is 0 Å². The van der Waals surface area contributed by atoms with Gasteiger partial charge >= 0.3 is 0 Å². The van der Waals surface area contributed by atoms with Gasteiger partial charge < -0.3 is 9.80 Å². The summed E-state index contributed by atoms with van der Waals surface area (Å²) in [5.74, 6) is -0.376. The number of piperazine rings is 1. The van der Waals surface area contributed by atoms with E-state index in [1.807, 2.05) is 6.92 Å². The number of imide groups is 1. The maximum absolute atomic E-state index is 12.9. The molecule has 3 heterocycles. The second-order valence-electron chi connectivity index (χ2n) is 7.67. The zero-order valence-corrected chi connectivity index (χ0v) is 17.4. The first-order valence-electron chi connectivity index (χ1n) is 9.62. The van der Waals surface area contributed by atoms with Crippen molar-refractivity contribution in [1.29, 1.82) is 0 Å². The largest absolute Gasteiger partial charge is 0.338 e. The number of amides is 4. The highest BCUT2D eigenvalue weighted by Crippen LogP contribution is 2.23. The topological polar surface area (TPSA) is 90.9 Å². The molecule has 2 fully saturated rings. The maximum atomic E-state index is 12.9. The van der Waals surface area contributed by atoms with Crippen molar-refractivity contribution in [2.24, 2.45) is 5.92 Å². The Morgan fingerprint density at radius 3 is 2.18 bits per heavy atom. The molecular weight excluding hydrogens is 380 g/mol. The van der Waals surface area contributed by atoms with Crippen LogP contribution in [0.4, 0.5) is 0 Å². The summed E-state index contributed by atoms with van der Waals surface area (Å²) in [6.45, 7) is 7.58. The Kier molecular flexibility index (Phi) is 6.12. The fourth-order valence-electron chi connectivity index (χ4n) is 3.42. The van der Waals surface area contributed by atoms with E-state index >= 15 is 0 Å². The SMILES string of the molecule is Cc1nc(CC(C)C)sc1C(=O)N1CCN(C(=O)CN2C(=O)CCC2=O)CC1. The average Bonchev–Trinajstić information content (AvgIpc) is 3.17. The summed E-state index contributed by atoms with van der Waals surface area (Å²) in [7, 11) is 0. The number of carbonyl (C=O) groups is 4. The van der Waals surface area contributed by atoms with Gasteiger partial charge in [-0.2, -0.15) is 0 Å². The van der Waals surface area contributed by atoms with Crippen molar-refractivity contribution < 1.29 is 19.2 Å². The van der Waals surface area contributed by atoms with Gasteiger partial charge in [0.05, 0.1) is 10.7 Å². The Morgan fingerprint density at radius 1 is 1.04 bits per heavy atom. The third-order valence-corrected chi connectivity index (χ3v) is 6.15. The number of hydrogen-bond donors (Lipinski definition) is 0. The molecule has 8 nitrogen and oxygen atoms in total. The van der Waals surface area contributed by atoms with Crippen molar-refractivity contribution in [3.05, 3.63) is 15.6 Å². The van der Waals surface area contributed by atoms with Gasteiger partial charge in [0.1, 0.15) is 11.4 Å². The Labute approximate surface area is 168 Å². The van der Waals surface area contributed by atoms with Crippen molar-refractivity contribution in [2.75, 3.05) is 32.7 Å². The van der Waals surface area contributed by atoms with Crippen LogP contribution < -0.4 is 0 Å². The second-order valence-corrected chi connectivity index (χ2v) is 8.75. The fraction of sp³-hybridized carbons (Fsp3) is 0.632. The average molecular weight is 407 g/mol. The van der Waals surface area contributed by atoms with Gasteiger partial charge in [0.15, 0.2) is 0 Å². The standard InChI is InChI=1S/C19H26N4O4S/c1-12(2)10-14-20-13(3)18(28-14)19(27)22-8-6-21(7-9-22)17(26)11-23-15(24)4-5-16(23)25/h12H,4-11H2,1-3H3. The molecular formula is C19H26N4O4S. The van der Waals surface area contributed by atoms with E-state index in [1.54, 1.807) is 9.80 Å². The number of hydrogen-bond acceptors (Lipinski definition) is 6. The summed E-state index contributed by atoms with van der Waals surface area (Å²) in [6.07, 6.45) is 1.22. The third kappa shape index (κ3) is 4.40. The highest BCUT2D eigenvalue weighted by atomic mass is 32.1. The van der Waals surface area contributed by atoms with Gasteiger partial charge in [-0.25, -0.2) is 4.98 Å². The lowest BCUT2D eigenvalue weighted by Gasteiger charge is -2.35. The first kappa shape index (κ1) is 20.4. The number of aromatic nitrogens is 1. The van der Waals surface area contributed by atoms with Gasteiger partial charge in [0.25, 0.3) is 5.91 Å². The molecule has 28 heavy (non-hydrogen) atoms. The molecule has 0 atom stereocenters. The Balaban J connectivity index is 1.55. The van der Waals surface area contributed by atoms with Crippen LogP contribution in [0.25, 0.3) is 0 Å². The molecule has 152 valence electrons. The van der Waals surface area contributed by atoms with Crippen molar-refractivity contribution in [3.63, 3.8) is 0 Å². The molecule has 0 bridgehead atoms. The Morgan fingerprint density at radius 2 is 1.61 bits per heavy atom. The predicted octanol–water partition coefficient (Wildman–Crippen LogP) is 1.08. The van der Waals surface area contributed by atoms with E-state index < -0.39 is 0 Å².